The smallest absolute Gasteiger partial charge is 0.396 e. The number of carbonyl (C=O) groups is 3. The average molecular weight is 703 g/mol. The minimum absolute atomic E-state index is 0.00653. The molecule has 3 aliphatic rings. The van der Waals surface area contributed by atoms with Gasteiger partial charge in [-0.2, -0.15) is 13.2 Å². The molecule has 3 fully saturated rings. The molecule has 1 atom stereocenters. The molecular weight excluding hydrogens is 661 g/mol. The number of halogens is 3. The lowest BCUT2D eigenvalue weighted by molar-refractivity contribution is -0.138. The quantitative estimate of drug-likeness (QED) is 0.197. The number of amides is 3. The topological polar surface area (TPSA) is 120 Å². The van der Waals surface area contributed by atoms with E-state index in [-0.39, 0.29) is 47.8 Å². The van der Waals surface area contributed by atoms with E-state index in [1.54, 1.807) is 0 Å². The van der Waals surface area contributed by atoms with Gasteiger partial charge in [0.15, 0.2) is 0 Å². The number of imide groups is 1. The first-order chi connectivity index (χ1) is 24.6. The number of aromatic nitrogens is 2. The largest absolute Gasteiger partial charge is 0.416 e. The number of imidazole rings is 1. The molecule has 0 spiro atoms. The van der Waals surface area contributed by atoms with Crippen LogP contribution in [0.1, 0.15) is 77.5 Å². The molecule has 3 N–H and O–H groups in total. The zero-order valence-electron chi connectivity index (χ0n) is 28.2. The highest BCUT2D eigenvalue weighted by Gasteiger charge is 2.33. The number of rotatable bonds is 8. The number of alkyl halides is 3. The Balaban J connectivity index is 1.09. The van der Waals surface area contributed by atoms with Crippen molar-refractivity contribution in [2.75, 3.05) is 43.0 Å². The van der Waals surface area contributed by atoms with Crippen LogP contribution in [0.4, 0.5) is 24.8 Å². The summed E-state index contributed by atoms with van der Waals surface area (Å²) in [4.78, 5) is 47.1. The summed E-state index contributed by atoms with van der Waals surface area (Å²) in [5.74, 6) is -0.964. The van der Waals surface area contributed by atoms with E-state index in [4.69, 9.17) is 4.98 Å². The number of hydrogen-bond donors (Lipinski definition) is 3. The fraction of sp³-hybridized carbons (Fsp3) is 0.421. The highest BCUT2D eigenvalue weighted by Crippen LogP contribution is 2.38. The Hall–Kier alpha value is -4.75. The molecule has 1 saturated carbocycles. The van der Waals surface area contributed by atoms with Crippen LogP contribution < -0.4 is 15.5 Å². The number of nitrogens with one attached hydrogen (secondary N) is 2. The van der Waals surface area contributed by atoms with Crippen molar-refractivity contribution < 1.29 is 32.7 Å². The third-order valence-electron chi connectivity index (χ3n) is 10.6. The van der Waals surface area contributed by atoms with Crippen LogP contribution in [0, 0.1) is 5.92 Å². The molecule has 7 rings (SSSR count). The third kappa shape index (κ3) is 7.50. The molecule has 3 aromatic carbocycles. The highest BCUT2D eigenvalue weighted by atomic mass is 19.4. The van der Waals surface area contributed by atoms with Crippen LogP contribution in [-0.4, -0.2) is 70.1 Å². The first-order valence-electron chi connectivity index (χ1n) is 17.6. The van der Waals surface area contributed by atoms with Gasteiger partial charge in [0.1, 0.15) is 0 Å². The monoisotopic (exact) mass is 702 g/mol. The molecule has 4 aromatic rings. The Morgan fingerprint density at radius 2 is 1.69 bits per heavy atom. The first kappa shape index (κ1) is 34.7. The lowest BCUT2D eigenvalue weighted by Crippen LogP contribution is -2.46. The van der Waals surface area contributed by atoms with Crippen LogP contribution in [0.5, 0.6) is 0 Å². The molecule has 3 amide bonds. The number of aliphatic hydroxyl groups excluding tert-OH is 1. The summed E-state index contributed by atoms with van der Waals surface area (Å²) in [5, 5.41) is 15.0. The van der Waals surface area contributed by atoms with Gasteiger partial charge in [-0.15, -0.1) is 0 Å². The zero-order valence-corrected chi connectivity index (χ0v) is 28.2. The van der Waals surface area contributed by atoms with E-state index >= 15 is 0 Å². The Morgan fingerprint density at radius 3 is 2.41 bits per heavy atom. The maximum atomic E-state index is 13.4. The molecule has 1 aromatic heterocycles. The summed E-state index contributed by atoms with van der Waals surface area (Å²) in [7, 11) is 0. The number of aliphatic hydroxyl groups is 1. The number of anilines is 2. The highest BCUT2D eigenvalue weighted by molar-refractivity contribution is 6.04. The SMILES string of the molecule is O=C1CCC(c2ccccc2CN2CCN(c3ccc4c(c3)nc(NC(=O)c3cccc(C(F)(F)F)c3)n4C3CCC(CO)CC3)CC2)C(=O)N1. The van der Waals surface area contributed by atoms with Gasteiger partial charge in [0.05, 0.1) is 22.5 Å². The molecule has 1 aliphatic carbocycles. The van der Waals surface area contributed by atoms with Gasteiger partial charge in [0.2, 0.25) is 17.8 Å². The van der Waals surface area contributed by atoms with Crippen LogP contribution in [0.25, 0.3) is 11.0 Å². The fourth-order valence-corrected chi connectivity index (χ4v) is 7.75. The number of hydrogen-bond acceptors (Lipinski definition) is 7. The molecule has 1 unspecified atom stereocenters. The van der Waals surface area contributed by atoms with Gasteiger partial charge in [0.25, 0.3) is 5.91 Å². The van der Waals surface area contributed by atoms with Gasteiger partial charge in [-0.1, -0.05) is 30.3 Å². The molecule has 0 bridgehead atoms. The molecule has 51 heavy (non-hydrogen) atoms. The fourth-order valence-electron chi connectivity index (χ4n) is 7.75. The summed E-state index contributed by atoms with van der Waals surface area (Å²) in [5.41, 5.74) is 3.54. The van der Waals surface area contributed by atoms with Crippen LogP contribution in [0.15, 0.2) is 66.7 Å². The van der Waals surface area contributed by atoms with E-state index in [1.807, 2.05) is 41.0 Å². The van der Waals surface area contributed by atoms with Gasteiger partial charge < -0.3 is 14.6 Å². The van der Waals surface area contributed by atoms with Crippen LogP contribution >= 0.6 is 0 Å². The predicted octanol–water partition coefficient (Wildman–Crippen LogP) is 5.87. The van der Waals surface area contributed by atoms with Crippen LogP contribution in [0.2, 0.25) is 0 Å². The maximum Gasteiger partial charge on any atom is 0.416 e. The van der Waals surface area contributed by atoms with E-state index in [1.165, 1.54) is 12.1 Å². The van der Waals surface area contributed by atoms with Crippen molar-refractivity contribution in [2.45, 2.75) is 63.2 Å². The molecule has 0 radical (unpaired) electrons. The van der Waals surface area contributed by atoms with E-state index in [0.717, 1.165) is 86.3 Å². The zero-order chi connectivity index (χ0) is 35.7. The summed E-state index contributed by atoms with van der Waals surface area (Å²) < 4.78 is 42.2. The predicted molar refractivity (Wildman–Crippen MR) is 186 cm³/mol. The number of carbonyl (C=O) groups excluding carboxylic acids is 3. The molecule has 3 heterocycles. The summed E-state index contributed by atoms with van der Waals surface area (Å²) in [6.07, 6.45) is -0.533. The van der Waals surface area contributed by atoms with Gasteiger partial charge >= 0.3 is 6.18 Å². The minimum atomic E-state index is -4.57. The molecule has 10 nitrogen and oxygen atoms in total. The van der Waals surface area contributed by atoms with E-state index in [9.17, 15) is 32.7 Å². The van der Waals surface area contributed by atoms with E-state index < -0.39 is 17.6 Å². The molecular formula is C38H41F3N6O4. The maximum absolute atomic E-state index is 13.4. The Kier molecular flexibility index (Phi) is 9.84. The van der Waals surface area contributed by atoms with E-state index in [0.29, 0.717) is 24.9 Å². The standard InChI is InChI=1S/C38H41F3N6O4/c39-38(40,41)27-6-3-5-25(20-27)35(50)44-37-42-32-21-29(12-14-33(32)47(37)28-10-8-24(23-48)9-11-28)46-18-16-45(17-19-46)22-26-4-1-2-7-30(26)31-13-15-34(49)43-36(31)51/h1-7,12,14,20-21,24,28,31,48H,8-11,13,15-19,22-23H2,(H,42,44,50)(H,43,49,51). The lowest BCUT2D eigenvalue weighted by atomic mass is 9.86. The molecule has 13 heteroatoms. The number of benzene rings is 3. The summed E-state index contributed by atoms with van der Waals surface area (Å²) in [6.45, 7) is 3.93. The number of nitrogens with zero attached hydrogens (tertiary/aromatic N) is 4. The van der Waals surface area contributed by atoms with Gasteiger partial charge in [-0.05, 0) is 85.5 Å². The third-order valence-corrected chi connectivity index (χ3v) is 10.6. The molecule has 2 aliphatic heterocycles. The molecule has 2 saturated heterocycles. The number of fused-ring (bicyclic) bond motifs is 1. The second-order valence-electron chi connectivity index (χ2n) is 13.8. The Morgan fingerprint density at radius 1 is 0.922 bits per heavy atom. The summed E-state index contributed by atoms with van der Waals surface area (Å²) in [6, 6.07) is 18.4. The Labute approximate surface area is 293 Å². The first-order valence-corrected chi connectivity index (χ1v) is 17.6. The van der Waals surface area contributed by atoms with Crippen molar-refractivity contribution in [1.29, 1.82) is 0 Å². The van der Waals surface area contributed by atoms with Gasteiger partial charge in [-0.3, -0.25) is 29.9 Å². The summed E-state index contributed by atoms with van der Waals surface area (Å²) >= 11 is 0. The van der Waals surface area contributed by atoms with Gasteiger partial charge in [0, 0.05) is 63.0 Å². The average Bonchev–Trinajstić information content (AvgIpc) is 3.49. The number of piperazine rings is 1. The van der Waals surface area contributed by atoms with Crippen molar-refractivity contribution in [3.05, 3.63) is 89.0 Å². The Bertz CT molecular complexity index is 1930. The van der Waals surface area contributed by atoms with Crippen molar-refractivity contribution in [1.82, 2.24) is 19.8 Å². The van der Waals surface area contributed by atoms with E-state index in [2.05, 4.69) is 26.5 Å². The second-order valence-corrected chi connectivity index (χ2v) is 13.8. The minimum Gasteiger partial charge on any atom is -0.396 e. The van der Waals surface area contributed by atoms with Crippen molar-refractivity contribution >= 4 is 40.4 Å². The molecule has 268 valence electrons. The van der Waals surface area contributed by atoms with Gasteiger partial charge in [-0.25, -0.2) is 4.98 Å². The van der Waals surface area contributed by atoms with Crippen molar-refractivity contribution in [2.24, 2.45) is 5.92 Å². The van der Waals surface area contributed by atoms with Crippen LogP contribution in [-0.2, 0) is 22.3 Å². The van der Waals surface area contributed by atoms with Crippen molar-refractivity contribution in [3.8, 4) is 0 Å². The van der Waals surface area contributed by atoms with Crippen LogP contribution in [0.3, 0.4) is 0 Å². The normalized spacial score (nSPS) is 21.9. The second kappa shape index (κ2) is 14.5. The lowest BCUT2D eigenvalue weighted by Gasteiger charge is -2.36. The van der Waals surface area contributed by atoms with Crippen molar-refractivity contribution in [3.63, 3.8) is 0 Å². The number of piperidine rings is 1.